The van der Waals surface area contributed by atoms with Crippen LogP contribution in [-0.2, 0) is 11.2 Å². The van der Waals surface area contributed by atoms with Crippen LogP contribution in [0.1, 0.15) is 12.1 Å². The van der Waals surface area contributed by atoms with E-state index in [0.717, 1.165) is 17.1 Å². The van der Waals surface area contributed by atoms with Gasteiger partial charge in [0, 0.05) is 12.6 Å². The van der Waals surface area contributed by atoms with E-state index < -0.39 is 5.97 Å². The van der Waals surface area contributed by atoms with E-state index in [9.17, 15) is 4.79 Å². The fourth-order valence-electron chi connectivity index (χ4n) is 1.98. The number of carboxylic acid groups (broad SMARTS) is 1. The first kappa shape index (κ1) is 12.3. The number of rotatable bonds is 4. The molecule has 100 valence electrons. The van der Waals surface area contributed by atoms with E-state index in [0.29, 0.717) is 12.1 Å². The number of fused-ring (bicyclic) bond motifs is 1. The van der Waals surface area contributed by atoms with Gasteiger partial charge in [0.1, 0.15) is 5.69 Å². The highest BCUT2D eigenvalue weighted by Crippen LogP contribution is 2.15. The molecule has 0 aliphatic heterocycles. The zero-order valence-electron chi connectivity index (χ0n) is 10.6. The lowest BCUT2D eigenvalue weighted by Crippen LogP contribution is -2.03. The Morgan fingerprint density at radius 3 is 2.80 bits per heavy atom. The van der Waals surface area contributed by atoms with Gasteiger partial charge in [0.15, 0.2) is 5.65 Å². The van der Waals surface area contributed by atoms with Gasteiger partial charge in [-0.1, -0.05) is 6.07 Å². The molecule has 3 rings (SSSR count). The molecule has 3 aromatic heterocycles. The minimum atomic E-state index is -0.833. The van der Waals surface area contributed by atoms with Crippen LogP contribution in [0.5, 0.6) is 0 Å². The van der Waals surface area contributed by atoms with Crippen molar-refractivity contribution in [3.05, 3.63) is 48.4 Å². The van der Waals surface area contributed by atoms with E-state index in [1.807, 2.05) is 30.3 Å². The molecule has 3 aromatic rings. The van der Waals surface area contributed by atoms with E-state index in [1.54, 1.807) is 16.9 Å². The van der Waals surface area contributed by atoms with Gasteiger partial charge in [-0.2, -0.15) is 5.10 Å². The van der Waals surface area contributed by atoms with Crippen LogP contribution in [0.2, 0.25) is 0 Å². The van der Waals surface area contributed by atoms with E-state index in [2.05, 4.69) is 15.1 Å². The summed E-state index contributed by atoms with van der Waals surface area (Å²) >= 11 is 0. The zero-order chi connectivity index (χ0) is 13.9. The molecule has 0 atom stereocenters. The van der Waals surface area contributed by atoms with Gasteiger partial charge in [-0.25, -0.2) is 9.50 Å². The minimum Gasteiger partial charge on any atom is -0.481 e. The number of imidazole rings is 1. The second-order valence-electron chi connectivity index (χ2n) is 4.35. The third-order valence-electron chi connectivity index (χ3n) is 2.96. The Bertz CT molecular complexity index is 752. The Morgan fingerprint density at radius 2 is 2.05 bits per heavy atom. The summed E-state index contributed by atoms with van der Waals surface area (Å²) in [6.45, 7) is 0. The summed E-state index contributed by atoms with van der Waals surface area (Å²) < 4.78 is 1.67. The SMILES string of the molecule is O=C(O)CCc1cnc2ccc(-c3ccccn3)nn12. The molecule has 6 nitrogen and oxygen atoms in total. The number of aliphatic carboxylic acids is 1. The number of aromatic nitrogens is 4. The molecule has 0 spiro atoms. The molecule has 0 radical (unpaired) electrons. The van der Waals surface area contributed by atoms with Gasteiger partial charge >= 0.3 is 5.97 Å². The minimum absolute atomic E-state index is 0.0588. The maximum atomic E-state index is 10.7. The molecule has 0 amide bonds. The van der Waals surface area contributed by atoms with E-state index >= 15 is 0 Å². The van der Waals surface area contributed by atoms with Crippen LogP contribution in [0.4, 0.5) is 0 Å². The predicted molar refractivity (Wildman–Crippen MR) is 72.2 cm³/mol. The molecule has 0 bridgehead atoms. The maximum Gasteiger partial charge on any atom is 0.303 e. The number of pyridine rings is 1. The third kappa shape index (κ3) is 2.35. The van der Waals surface area contributed by atoms with Crippen molar-refractivity contribution in [3.8, 4) is 11.4 Å². The Labute approximate surface area is 114 Å². The van der Waals surface area contributed by atoms with Crippen molar-refractivity contribution < 1.29 is 9.90 Å². The summed E-state index contributed by atoms with van der Waals surface area (Å²) in [4.78, 5) is 19.1. The van der Waals surface area contributed by atoms with Crippen molar-refractivity contribution in [2.24, 2.45) is 0 Å². The first-order valence-electron chi connectivity index (χ1n) is 6.21. The second kappa shape index (κ2) is 5.08. The third-order valence-corrected chi connectivity index (χ3v) is 2.96. The quantitative estimate of drug-likeness (QED) is 0.780. The van der Waals surface area contributed by atoms with Crippen molar-refractivity contribution in [1.29, 1.82) is 0 Å². The zero-order valence-corrected chi connectivity index (χ0v) is 10.6. The van der Waals surface area contributed by atoms with Gasteiger partial charge in [-0.15, -0.1) is 0 Å². The smallest absolute Gasteiger partial charge is 0.303 e. The Kier molecular flexibility index (Phi) is 3.12. The van der Waals surface area contributed by atoms with Crippen molar-refractivity contribution in [2.75, 3.05) is 0 Å². The highest BCUT2D eigenvalue weighted by Gasteiger charge is 2.09. The van der Waals surface area contributed by atoms with Crippen LogP contribution >= 0.6 is 0 Å². The maximum absolute atomic E-state index is 10.7. The summed E-state index contributed by atoms with van der Waals surface area (Å²) in [5.74, 6) is -0.833. The second-order valence-corrected chi connectivity index (χ2v) is 4.35. The molecule has 0 unspecified atom stereocenters. The predicted octanol–water partition coefficient (Wildman–Crippen LogP) is 1.81. The van der Waals surface area contributed by atoms with Crippen LogP contribution < -0.4 is 0 Å². The average Bonchev–Trinajstić information content (AvgIpc) is 2.88. The summed E-state index contributed by atoms with van der Waals surface area (Å²) in [6, 6.07) is 9.32. The average molecular weight is 268 g/mol. The van der Waals surface area contributed by atoms with E-state index in [1.165, 1.54) is 0 Å². The normalized spacial score (nSPS) is 10.8. The van der Waals surface area contributed by atoms with Crippen LogP contribution in [0.15, 0.2) is 42.7 Å². The lowest BCUT2D eigenvalue weighted by atomic mass is 10.2. The molecule has 6 heteroatoms. The molecular weight excluding hydrogens is 256 g/mol. The van der Waals surface area contributed by atoms with Crippen molar-refractivity contribution in [1.82, 2.24) is 19.6 Å². The first-order chi connectivity index (χ1) is 9.74. The number of nitrogens with zero attached hydrogens (tertiary/aromatic N) is 4. The Morgan fingerprint density at radius 1 is 1.15 bits per heavy atom. The molecule has 20 heavy (non-hydrogen) atoms. The van der Waals surface area contributed by atoms with Crippen molar-refractivity contribution >= 4 is 11.6 Å². The Balaban J connectivity index is 2.01. The van der Waals surface area contributed by atoms with Gasteiger partial charge in [0.2, 0.25) is 0 Å². The number of carbonyl (C=O) groups is 1. The molecule has 0 saturated heterocycles. The number of aryl methyl sites for hydroxylation is 1. The number of hydrogen-bond donors (Lipinski definition) is 1. The van der Waals surface area contributed by atoms with Crippen LogP contribution in [0, 0.1) is 0 Å². The number of carboxylic acids is 1. The molecule has 0 aliphatic carbocycles. The lowest BCUT2D eigenvalue weighted by molar-refractivity contribution is -0.136. The van der Waals surface area contributed by atoms with E-state index in [4.69, 9.17) is 5.11 Å². The molecule has 0 fully saturated rings. The van der Waals surface area contributed by atoms with Gasteiger partial charge in [-0.3, -0.25) is 9.78 Å². The van der Waals surface area contributed by atoms with Gasteiger partial charge < -0.3 is 5.11 Å². The molecule has 0 aliphatic rings. The summed E-state index contributed by atoms with van der Waals surface area (Å²) in [6.07, 6.45) is 3.83. The van der Waals surface area contributed by atoms with Gasteiger partial charge in [0.05, 0.1) is 24.0 Å². The highest BCUT2D eigenvalue weighted by molar-refractivity contribution is 5.67. The van der Waals surface area contributed by atoms with Crippen molar-refractivity contribution in [3.63, 3.8) is 0 Å². The van der Waals surface area contributed by atoms with Crippen LogP contribution in [-0.4, -0.2) is 30.7 Å². The summed E-state index contributed by atoms with van der Waals surface area (Å²) in [5, 5.41) is 13.2. The molecule has 3 heterocycles. The highest BCUT2D eigenvalue weighted by atomic mass is 16.4. The largest absolute Gasteiger partial charge is 0.481 e. The van der Waals surface area contributed by atoms with E-state index in [-0.39, 0.29) is 6.42 Å². The van der Waals surface area contributed by atoms with Crippen LogP contribution in [0.3, 0.4) is 0 Å². The van der Waals surface area contributed by atoms with Gasteiger partial charge in [-0.05, 0) is 24.3 Å². The molecule has 0 saturated carbocycles. The lowest BCUT2D eigenvalue weighted by Gasteiger charge is -2.03. The monoisotopic (exact) mass is 268 g/mol. The van der Waals surface area contributed by atoms with Crippen LogP contribution in [0.25, 0.3) is 17.0 Å². The fourth-order valence-corrected chi connectivity index (χ4v) is 1.98. The summed E-state index contributed by atoms with van der Waals surface area (Å²) in [5.41, 5.74) is 2.98. The van der Waals surface area contributed by atoms with Crippen molar-refractivity contribution in [2.45, 2.75) is 12.8 Å². The molecular formula is C14H12N4O2. The first-order valence-corrected chi connectivity index (χ1v) is 6.21. The molecule has 0 aromatic carbocycles. The standard InChI is InChI=1S/C14H12N4O2/c19-14(20)7-4-10-9-16-13-6-5-12(17-18(10)13)11-3-1-2-8-15-11/h1-3,5-6,8-9H,4,7H2,(H,19,20). The Hall–Kier alpha value is -2.76. The topological polar surface area (TPSA) is 80.4 Å². The van der Waals surface area contributed by atoms with Gasteiger partial charge in [0.25, 0.3) is 0 Å². The molecule has 1 N–H and O–H groups in total. The fraction of sp³-hybridized carbons (Fsp3) is 0.143. The summed E-state index contributed by atoms with van der Waals surface area (Å²) in [7, 11) is 0. The number of hydrogen-bond acceptors (Lipinski definition) is 4.